The van der Waals surface area contributed by atoms with E-state index in [1.165, 1.54) is 22.4 Å². The molecule has 2 nitrogen and oxygen atoms in total. The molecule has 1 aliphatic rings. The molecule has 2 rings (SSSR count). The van der Waals surface area contributed by atoms with Crippen molar-refractivity contribution < 1.29 is 0 Å². The van der Waals surface area contributed by atoms with Crippen LogP contribution in [0.3, 0.4) is 0 Å². The number of hydrogen-bond acceptors (Lipinski definition) is 2. The zero-order chi connectivity index (χ0) is 16.5. The van der Waals surface area contributed by atoms with E-state index in [0.29, 0.717) is 11.7 Å². The number of nitrogens with zero attached hydrogens (tertiary/aromatic N) is 2. The number of rotatable bonds is 4. The van der Waals surface area contributed by atoms with Crippen LogP contribution in [0.2, 0.25) is 5.31 Å². The van der Waals surface area contributed by atoms with E-state index in [2.05, 4.69) is 89.2 Å². The highest BCUT2D eigenvalue weighted by Gasteiger charge is 2.30. The van der Waals surface area contributed by atoms with Crippen LogP contribution in [0.5, 0.6) is 0 Å². The molecule has 0 saturated heterocycles. The van der Waals surface area contributed by atoms with E-state index in [0.717, 1.165) is 14.9 Å². The van der Waals surface area contributed by atoms with Gasteiger partial charge in [-0.25, -0.2) is 0 Å². The minimum Gasteiger partial charge on any atom is -0.353 e. The van der Waals surface area contributed by atoms with Gasteiger partial charge in [-0.2, -0.15) is 8.46 Å². The van der Waals surface area contributed by atoms with Gasteiger partial charge in [0.15, 0.2) is 6.43 Å². The molecule has 0 N–H and O–H groups in total. The Labute approximate surface area is 138 Å². The molecule has 1 aromatic rings. The monoisotopic (exact) mass is 314 g/mol. The van der Waals surface area contributed by atoms with Crippen molar-refractivity contribution in [2.75, 3.05) is 18.0 Å². The van der Waals surface area contributed by atoms with Crippen LogP contribution in [0.4, 0.5) is 5.69 Å². The molecule has 0 aliphatic carbocycles. The van der Waals surface area contributed by atoms with Crippen molar-refractivity contribution in [3.05, 3.63) is 47.9 Å². The SMILES string of the molecule is CPB(CN1[C]N(c2c(C)cc(C)cc2C)C=C1)C(C)(C)C. The quantitative estimate of drug-likeness (QED) is 0.579. The van der Waals surface area contributed by atoms with Crippen LogP contribution < -0.4 is 4.90 Å². The van der Waals surface area contributed by atoms with Crippen molar-refractivity contribution in [3.8, 4) is 0 Å². The molecule has 1 unspecified atom stereocenters. The fourth-order valence-corrected chi connectivity index (χ4v) is 4.37. The summed E-state index contributed by atoms with van der Waals surface area (Å²) >= 11 is 0. The number of aryl methyl sites for hydroxylation is 3. The first kappa shape index (κ1) is 17.4. The maximum Gasteiger partial charge on any atom is 0.212 e. The molecule has 0 spiro atoms. The lowest BCUT2D eigenvalue weighted by atomic mass is 9.53. The van der Waals surface area contributed by atoms with Gasteiger partial charge in [0.2, 0.25) is 6.67 Å². The molecule has 2 radical (unpaired) electrons. The van der Waals surface area contributed by atoms with Crippen LogP contribution in [0.25, 0.3) is 0 Å². The summed E-state index contributed by atoms with van der Waals surface area (Å²) in [6.07, 6.45) is 6.00. The van der Waals surface area contributed by atoms with E-state index >= 15 is 0 Å². The van der Waals surface area contributed by atoms with E-state index in [4.69, 9.17) is 0 Å². The van der Waals surface area contributed by atoms with E-state index in [1.54, 1.807) is 0 Å². The largest absolute Gasteiger partial charge is 0.353 e. The van der Waals surface area contributed by atoms with Crippen molar-refractivity contribution in [1.29, 1.82) is 0 Å². The van der Waals surface area contributed by atoms with Gasteiger partial charge >= 0.3 is 0 Å². The summed E-state index contributed by atoms with van der Waals surface area (Å²) in [5.74, 6) is 0. The van der Waals surface area contributed by atoms with Crippen LogP contribution in [-0.2, 0) is 0 Å². The lowest BCUT2D eigenvalue weighted by Crippen LogP contribution is -2.34. The minimum absolute atomic E-state index is 0.339. The Morgan fingerprint density at radius 1 is 1.09 bits per heavy atom. The van der Waals surface area contributed by atoms with Crippen molar-refractivity contribution in [1.82, 2.24) is 4.90 Å². The van der Waals surface area contributed by atoms with Gasteiger partial charge in [-0.15, -0.1) is 0 Å². The Kier molecular flexibility index (Phi) is 5.27. The van der Waals surface area contributed by atoms with Gasteiger partial charge in [-0.05, 0) is 31.9 Å². The third-order valence-corrected chi connectivity index (χ3v) is 6.03. The molecule has 0 fully saturated rings. The zero-order valence-electron chi connectivity index (χ0n) is 15.0. The van der Waals surface area contributed by atoms with Gasteiger partial charge < -0.3 is 9.80 Å². The summed E-state index contributed by atoms with van der Waals surface area (Å²) in [4.78, 5) is 4.35. The second kappa shape index (κ2) is 6.66. The van der Waals surface area contributed by atoms with Crippen LogP contribution >= 0.6 is 8.46 Å². The summed E-state index contributed by atoms with van der Waals surface area (Å²) in [6.45, 7) is 19.3. The number of anilines is 1. The summed E-state index contributed by atoms with van der Waals surface area (Å²) in [6, 6.07) is 4.48. The summed E-state index contributed by atoms with van der Waals surface area (Å²) < 4.78 is 0. The van der Waals surface area contributed by atoms with Crippen LogP contribution in [-0.4, -0.2) is 24.4 Å². The van der Waals surface area contributed by atoms with Crippen LogP contribution in [0, 0.1) is 27.4 Å². The first-order chi connectivity index (χ1) is 10.2. The van der Waals surface area contributed by atoms with Crippen LogP contribution in [0.15, 0.2) is 24.5 Å². The second-order valence-electron chi connectivity index (χ2n) is 7.38. The Morgan fingerprint density at radius 3 is 2.18 bits per heavy atom. The third-order valence-electron chi connectivity index (χ3n) is 4.28. The molecule has 1 atom stereocenters. The Morgan fingerprint density at radius 2 is 1.68 bits per heavy atom. The van der Waals surface area contributed by atoms with Crippen molar-refractivity contribution in [2.24, 2.45) is 0 Å². The van der Waals surface area contributed by atoms with Gasteiger partial charge in [0.05, 0.1) is 0 Å². The van der Waals surface area contributed by atoms with E-state index in [1.807, 2.05) is 0 Å². The smallest absolute Gasteiger partial charge is 0.212 e. The predicted octanol–water partition coefficient (Wildman–Crippen LogP) is 4.84. The lowest BCUT2D eigenvalue weighted by Gasteiger charge is -2.30. The summed E-state index contributed by atoms with van der Waals surface area (Å²) in [5.41, 5.74) is 5.19. The molecule has 1 aliphatic heterocycles. The Bertz CT molecular complexity index is 540. The molecule has 1 aromatic carbocycles. The Balaban J connectivity index is 2.10. The molecule has 0 saturated carbocycles. The fraction of sp³-hybridized carbons (Fsp3) is 0.500. The van der Waals surface area contributed by atoms with E-state index in [-0.39, 0.29) is 0 Å². The van der Waals surface area contributed by atoms with Crippen molar-refractivity contribution >= 4 is 20.6 Å². The van der Waals surface area contributed by atoms with Gasteiger partial charge in [-0.1, -0.05) is 50.4 Å². The molecule has 1 heterocycles. The molecule has 22 heavy (non-hydrogen) atoms. The minimum atomic E-state index is 0.339. The topological polar surface area (TPSA) is 6.48 Å². The number of hydrogen-bond donors (Lipinski definition) is 0. The van der Waals surface area contributed by atoms with Gasteiger partial charge in [0, 0.05) is 24.5 Å². The average molecular weight is 314 g/mol. The molecule has 4 heteroatoms. The average Bonchev–Trinajstić information content (AvgIpc) is 2.81. The maximum atomic E-state index is 3.51. The van der Waals surface area contributed by atoms with Crippen molar-refractivity contribution in [3.63, 3.8) is 0 Å². The van der Waals surface area contributed by atoms with E-state index < -0.39 is 0 Å². The van der Waals surface area contributed by atoms with Gasteiger partial charge in [-0.3, -0.25) is 0 Å². The van der Waals surface area contributed by atoms with Crippen molar-refractivity contribution in [2.45, 2.75) is 46.9 Å². The van der Waals surface area contributed by atoms with E-state index in [9.17, 15) is 0 Å². The highest BCUT2D eigenvalue weighted by Crippen LogP contribution is 2.37. The lowest BCUT2D eigenvalue weighted by molar-refractivity contribution is 0.532. The zero-order valence-corrected chi connectivity index (χ0v) is 16.0. The van der Waals surface area contributed by atoms with Gasteiger partial charge in [0.25, 0.3) is 0 Å². The first-order valence-corrected chi connectivity index (χ1v) is 9.55. The number of benzene rings is 1. The van der Waals surface area contributed by atoms with Gasteiger partial charge in [0.1, 0.15) is 0 Å². The Hall–Kier alpha value is -0.945. The predicted molar refractivity (Wildman–Crippen MR) is 102 cm³/mol. The molecular formula is C18H28BN2P. The molecular weight excluding hydrogens is 286 g/mol. The fourth-order valence-electron chi connectivity index (χ4n) is 3.13. The highest BCUT2D eigenvalue weighted by atomic mass is 31.1. The maximum absolute atomic E-state index is 3.51. The molecule has 118 valence electrons. The second-order valence-corrected chi connectivity index (χ2v) is 8.65. The highest BCUT2D eigenvalue weighted by molar-refractivity contribution is 7.76. The molecule has 0 bridgehead atoms. The molecule has 0 amide bonds. The third kappa shape index (κ3) is 3.87. The van der Waals surface area contributed by atoms with Crippen LogP contribution in [0.1, 0.15) is 37.5 Å². The normalized spacial score (nSPS) is 15.4. The molecule has 0 aromatic heterocycles. The first-order valence-electron chi connectivity index (χ1n) is 7.98. The summed E-state index contributed by atoms with van der Waals surface area (Å²) in [7, 11) is 0.945. The standard InChI is InChI=1S/C18H28BN2P/c1-14-10-15(2)17(16(3)11-14)21-9-8-20(13-21)12-19(22-7)18(4,5)6/h8-11,22H,12H2,1-7H3. The summed E-state index contributed by atoms with van der Waals surface area (Å²) in [5, 5.41) is 0.339.